The Balaban J connectivity index is 1.84. The van der Waals surface area contributed by atoms with E-state index in [1.807, 2.05) is 36.4 Å². The van der Waals surface area contributed by atoms with Crippen molar-refractivity contribution in [1.82, 2.24) is 4.90 Å². The summed E-state index contributed by atoms with van der Waals surface area (Å²) in [6.45, 7) is 6.90. The number of methoxy groups -OCH3 is 1. The summed E-state index contributed by atoms with van der Waals surface area (Å²) in [5.41, 5.74) is 2.31. The van der Waals surface area contributed by atoms with Crippen LogP contribution in [0.5, 0.6) is 11.5 Å². The van der Waals surface area contributed by atoms with Gasteiger partial charge < -0.3 is 14.4 Å². The molecule has 1 aliphatic rings. The standard InChI is InChI=1S/C23H24N2O3/c1-4-23(26)25-10-9-21(16(2)15-25)28-19-12-17(14-24)11-18(13-19)20-7-5-6-8-22(20)27-3/h4-8,11-13,16,21H,1,9-10,15H2,2-3H3/t16-,21+/m1/s1. The molecule has 2 atom stereocenters. The van der Waals surface area contributed by atoms with Crippen molar-refractivity contribution in [2.24, 2.45) is 5.92 Å². The first-order chi connectivity index (χ1) is 13.5. The van der Waals surface area contributed by atoms with Gasteiger partial charge in [-0.05, 0) is 35.9 Å². The number of rotatable bonds is 5. The molecule has 28 heavy (non-hydrogen) atoms. The molecule has 3 rings (SSSR count). The van der Waals surface area contributed by atoms with Crippen LogP contribution >= 0.6 is 0 Å². The number of piperidine rings is 1. The summed E-state index contributed by atoms with van der Waals surface area (Å²) >= 11 is 0. The molecule has 1 amide bonds. The lowest BCUT2D eigenvalue weighted by molar-refractivity contribution is -0.129. The number of para-hydroxylation sites is 1. The SMILES string of the molecule is C=CC(=O)N1CC[C@H](Oc2cc(C#N)cc(-c3ccccc3OC)c2)[C@H](C)C1. The lowest BCUT2D eigenvalue weighted by Gasteiger charge is -2.36. The van der Waals surface area contributed by atoms with E-state index in [1.54, 1.807) is 18.1 Å². The van der Waals surface area contributed by atoms with Gasteiger partial charge >= 0.3 is 0 Å². The van der Waals surface area contributed by atoms with Crippen LogP contribution in [0.25, 0.3) is 11.1 Å². The van der Waals surface area contributed by atoms with Gasteiger partial charge in [0.05, 0.1) is 18.7 Å². The largest absolute Gasteiger partial charge is 0.496 e. The number of ether oxygens (including phenoxy) is 2. The Hall–Kier alpha value is -3.26. The zero-order chi connectivity index (χ0) is 20.1. The molecule has 2 aromatic rings. The van der Waals surface area contributed by atoms with E-state index >= 15 is 0 Å². The van der Waals surface area contributed by atoms with Crippen molar-refractivity contribution in [2.75, 3.05) is 20.2 Å². The summed E-state index contributed by atoms with van der Waals surface area (Å²) < 4.78 is 11.7. The van der Waals surface area contributed by atoms with Gasteiger partial charge in [0.2, 0.25) is 5.91 Å². The zero-order valence-corrected chi connectivity index (χ0v) is 16.2. The first-order valence-corrected chi connectivity index (χ1v) is 9.32. The van der Waals surface area contributed by atoms with Gasteiger partial charge in [-0.25, -0.2) is 0 Å². The van der Waals surface area contributed by atoms with Crippen LogP contribution in [0.2, 0.25) is 0 Å². The third kappa shape index (κ3) is 4.17. The Labute approximate surface area is 165 Å². The minimum absolute atomic E-state index is 0.0201. The number of nitriles is 1. The van der Waals surface area contributed by atoms with Crippen LogP contribution in [0, 0.1) is 17.2 Å². The molecule has 0 aliphatic carbocycles. The Bertz CT molecular complexity index is 916. The molecule has 0 bridgehead atoms. The van der Waals surface area contributed by atoms with E-state index in [-0.39, 0.29) is 17.9 Å². The minimum atomic E-state index is -0.0461. The second-order valence-corrected chi connectivity index (χ2v) is 6.97. The van der Waals surface area contributed by atoms with Gasteiger partial charge in [-0.2, -0.15) is 5.26 Å². The molecule has 0 unspecified atom stereocenters. The van der Waals surface area contributed by atoms with E-state index in [0.29, 0.717) is 24.4 Å². The van der Waals surface area contributed by atoms with Crippen molar-refractivity contribution in [3.05, 3.63) is 60.7 Å². The molecule has 1 fully saturated rings. The maximum absolute atomic E-state index is 11.8. The third-order valence-electron chi connectivity index (χ3n) is 5.05. The summed E-state index contributed by atoms with van der Waals surface area (Å²) in [7, 11) is 1.63. The molecule has 0 aromatic heterocycles. The lowest BCUT2D eigenvalue weighted by Crippen LogP contribution is -2.46. The lowest BCUT2D eigenvalue weighted by atomic mass is 9.96. The van der Waals surface area contributed by atoms with E-state index in [2.05, 4.69) is 19.6 Å². The molecule has 0 spiro atoms. The molecule has 2 aromatic carbocycles. The quantitative estimate of drug-likeness (QED) is 0.739. The Kier molecular flexibility index (Phi) is 6.00. The minimum Gasteiger partial charge on any atom is -0.496 e. The van der Waals surface area contributed by atoms with E-state index in [9.17, 15) is 10.1 Å². The Morgan fingerprint density at radius 3 is 2.79 bits per heavy atom. The predicted molar refractivity (Wildman–Crippen MR) is 108 cm³/mol. The van der Waals surface area contributed by atoms with Crippen LogP contribution in [0.1, 0.15) is 18.9 Å². The number of benzene rings is 2. The fourth-order valence-corrected chi connectivity index (χ4v) is 3.57. The molecule has 0 radical (unpaired) electrons. The maximum Gasteiger partial charge on any atom is 0.245 e. The number of hydrogen-bond acceptors (Lipinski definition) is 4. The van der Waals surface area contributed by atoms with Gasteiger partial charge in [0.1, 0.15) is 17.6 Å². The summed E-state index contributed by atoms with van der Waals surface area (Å²) in [5.74, 6) is 1.53. The van der Waals surface area contributed by atoms with Gasteiger partial charge in [-0.3, -0.25) is 4.79 Å². The molecule has 0 saturated carbocycles. The first-order valence-electron chi connectivity index (χ1n) is 9.32. The molecular weight excluding hydrogens is 352 g/mol. The molecule has 1 saturated heterocycles. The maximum atomic E-state index is 11.8. The monoisotopic (exact) mass is 376 g/mol. The predicted octanol–water partition coefficient (Wildman–Crippen LogP) is 4.04. The van der Waals surface area contributed by atoms with Crippen LogP contribution in [0.3, 0.4) is 0 Å². The average Bonchev–Trinajstić information content (AvgIpc) is 2.74. The smallest absolute Gasteiger partial charge is 0.245 e. The number of hydrogen-bond donors (Lipinski definition) is 0. The normalized spacial score (nSPS) is 18.8. The summed E-state index contributed by atoms with van der Waals surface area (Å²) in [4.78, 5) is 13.6. The summed E-state index contributed by atoms with van der Waals surface area (Å²) in [6, 6.07) is 15.4. The van der Waals surface area contributed by atoms with Crippen LogP contribution in [-0.2, 0) is 4.79 Å². The van der Waals surface area contributed by atoms with Gasteiger partial charge in [0.25, 0.3) is 0 Å². The Morgan fingerprint density at radius 2 is 2.11 bits per heavy atom. The van der Waals surface area contributed by atoms with E-state index in [0.717, 1.165) is 23.3 Å². The van der Waals surface area contributed by atoms with Crippen molar-refractivity contribution < 1.29 is 14.3 Å². The highest BCUT2D eigenvalue weighted by Crippen LogP contribution is 2.34. The van der Waals surface area contributed by atoms with E-state index < -0.39 is 0 Å². The van der Waals surface area contributed by atoms with Crippen molar-refractivity contribution in [3.63, 3.8) is 0 Å². The third-order valence-corrected chi connectivity index (χ3v) is 5.05. The fourth-order valence-electron chi connectivity index (χ4n) is 3.57. The van der Waals surface area contributed by atoms with Gasteiger partial charge in [0.15, 0.2) is 0 Å². The van der Waals surface area contributed by atoms with Crippen LogP contribution < -0.4 is 9.47 Å². The average molecular weight is 376 g/mol. The van der Waals surface area contributed by atoms with Crippen LogP contribution in [-0.4, -0.2) is 37.1 Å². The Morgan fingerprint density at radius 1 is 1.32 bits per heavy atom. The number of nitrogens with zero attached hydrogens (tertiary/aromatic N) is 2. The summed E-state index contributed by atoms with van der Waals surface area (Å²) in [5, 5.41) is 9.45. The molecule has 144 valence electrons. The van der Waals surface area contributed by atoms with Crippen LogP contribution in [0.4, 0.5) is 0 Å². The second kappa shape index (κ2) is 8.62. The highest BCUT2D eigenvalue weighted by Gasteiger charge is 2.29. The van der Waals surface area contributed by atoms with Crippen LogP contribution in [0.15, 0.2) is 55.1 Å². The first kappa shape index (κ1) is 19.5. The van der Waals surface area contributed by atoms with Crippen molar-refractivity contribution in [3.8, 4) is 28.7 Å². The molecular formula is C23H24N2O3. The number of carbonyl (C=O) groups excluding carboxylic acids is 1. The van der Waals surface area contributed by atoms with E-state index in [1.165, 1.54) is 6.08 Å². The van der Waals surface area contributed by atoms with Gasteiger partial charge in [0, 0.05) is 31.0 Å². The fraction of sp³-hybridized carbons (Fsp3) is 0.304. The number of likely N-dealkylation sites (tertiary alicyclic amines) is 1. The second-order valence-electron chi connectivity index (χ2n) is 6.97. The summed E-state index contributed by atoms with van der Waals surface area (Å²) in [6.07, 6.45) is 2.07. The van der Waals surface area contributed by atoms with Crippen molar-refractivity contribution in [1.29, 1.82) is 5.26 Å². The molecule has 1 aliphatic heterocycles. The van der Waals surface area contributed by atoms with Crippen molar-refractivity contribution in [2.45, 2.75) is 19.4 Å². The zero-order valence-electron chi connectivity index (χ0n) is 16.2. The molecule has 5 nitrogen and oxygen atoms in total. The number of amides is 1. The van der Waals surface area contributed by atoms with Gasteiger partial charge in [-0.15, -0.1) is 0 Å². The highest BCUT2D eigenvalue weighted by atomic mass is 16.5. The molecule has 0 N–H and O–H groups in total. The van der Waals surface area contributed by atoms with E-state index in [4.69, 9.17) is 9.47 Å². The molecule has 5 heteroatoms. The topological polar surface area (TPSA) is 62.6 Å². The highest BCUT2D eigenvalue weighted by molar-refractivity contribution is 5.87. The molecule has 1 heterocycles. The van der Waals surface area contributed by atoms with Crippen molar-refractivity contribution >= 4 is 5.91 Å². The van der Waals surface area contributed by atoms with Gasteiger partial charge in [-0.1, -0.05) is 31.7 Å². The number of carbonyl (C=O) groups is 1.